The second-order valence-corrected chi connectivity index (χ2v) is 8.10. The molecule has 0 saturated heterocycles. The Kier molecular flexibility index (Phi) is 10.8. The Morgan fingerprint density at radius 3 is 2.10 bits per heavy atom. The van der Waals surface area contributed by atoms with Gasteiger partial charge in [-0.1, -0.05) is 12.1 Å². The Labute approximate surface area is 185 Å². The smallest absolute Gasteiger partial charge is 0.325 e. The van der Waals surface area contributed by atoms with Gasteiger partial charge in [0.1, 0.15) is 23.9 Å². The van der Waals surface area contributed by atoms with E-state index in [0.29, 0.717) is 17.7 Å². The Hall–Kier alpha value is -2.79. The number of nitrogens with one attached hydrogen (secondary N) is 3. The molecule has 0 aliphatic carbocycles. The second-order valence-electron chi connectivity index (χ2n) is 7.12. The van der Waals surface area contributed by atoms with Crippen molar-refractivity contribution in [3.63, 3.8) is 0 Å². The number of aromatic hydroxyl groups is 1. The molecule has 0 spiro atoms. The molecular formula is C20H30N4O6S. The summed E-state index contributed by atoms with van der Waals surface area (Å²) < 4.78 is 0. The summed E-state index contributed by atoms with van der Waals surface area (Å²) in [5.74, 6) is -2.26. The number of hydrogen-bond acceptors (Lipinski definition) is 7. The molecule has 10 nitrogen and oxygen atoms in total. The summed E-state index contributed by atoms with van der Waals surface area (Å²) in [6.07, 6.45) is 2.41. The molecule has 0 heterocycles. The zero-order valence-electron chi connectivity index (χ0n) is 17.8. The van der Waals surface area contributed by atoms with Gasteiger partial charge >= 0.3 is 5.97 Å². The molecule has 4 atom stereocenters. The van der Waals surface area contributed by atoms with Gasteiger partial charge in [-0.05, 0) is 50.0 Å². The van der Waals surface area contributed by atoms with Crippen molar-refractivity contribution in [3.05, 3.63) is 29.8 Å². The van der Waals surface area contributed by atoms with Gasteiger partial charge in [0.15, 0.2) is 0 Å². The van der Waals surface area contributed by atoms with Crippen LogP contribution in [-0.4, -0.2) is 70.1 Å². The van der Waals surface area contributed by atoms with Gasteiger partial charge in [0.25, 0.3) is 0 Å². The minimum Gasteiger partial charge on any atom is -0.508 e. The summed E-state index contributed by atoms with van der Waals surface area (Å²) in [5.41, 5.74) is 6.44. The fourth-order valence-corrected chi connectivity index (χ4v) is 3.00. The first-order valence-electron chi connectivity index (χ1n) is 9.71. The van der Waals surface area contributed by atoms with Crippen LogP contribution < -0.4 is 21.7 Å². The van der Waals surface area contributed by atoms with Crippen LogP contribution in [0.5, 0.6) is 5.75 Å². The Morgan fingerprint density at radius 2 is 1.55 bits per heavy atom. The van der Waals surface area contributed by atoms with E-state index in [1.165, 1.54) is 26.0 Å². The highest BCUT2D eigenvalue weighted by Gasteiger charge is 2.27. The molecule has 172 valence electrons. The molecule has 0 aromatic heterocycles. The molecule has 1 aromatic carbocycles. The molecule has 11 heteroatoms. The van der Waals surface area contributed by atoms with Gasteiger partial charge < -0.3 is 31.9 Å². The average Bonchev–Trinajstić information content (AvgIpc) is 2.72. The van der Waals surface area contributed by atoms with Gasteiger partial charge in [0.05, 0.1) is 6.04 Å². The molecule has 1 rings (SSSR count). The predicted molar refractivity (Wildman–Crippen MR) is 118 cm³/mol. The maximum absolute atomic E-state index is 12.6. The largest absolute Gasteiger partial charge is 0.508 e. The summed E-state index contributed by atoms with van der Waals surface area (Å²) in [5, 5.41) is 25.8. The number of phenolic OH excluding ortho intramolecular Hbond substituents is 1. The van der Waals surface area contributed by atoms with Crippen LogP contribution in [0.15, 0.2) is 24.3 Å². The molecule has 0 aliphatic rings. The van der Waals surface area contributed by atoms with Crippen LogP contribution in [0.3, 0.4) is 0 Å². The Balaban J connectivity index is 2.85. The summed E-state index contributed by atoms with van der Waals surface area (Å²) in [6, 6.07) is 2.07. The first-order chi connectivity index (χ1) is 14.5. The normalized spacial score (nSPS) is 14.6. The molecule has 3 amide bonds. The molecule has 4 unspecified atom stereocenters. The molecule has 0 saturated carbocycles. The fraction of sp³-hybridized carbons (Fsp3) is 0.500. The number of carboxylic acid groups (broad SMARTS) is 1. The summed E-state index contributed by atoms with van der Waals surface area (Å²) in [4.78, 5) is 48.4. The molecular weight excluding hydrogens is 424 g/mol. The van der Waals surface area contributed by atoms with Crippen molar-refractivity contribution in [1.29, 1.82) is 0 Å². The van der Waals surface area contributed by atoms with E-state index < -0.39 is 47.9 Å². The number of phenols is 1. The number of amides is 3. The molecule has 7 N–H and O–H groups in total. The number of aliphatic carboxylic acids is 1. The number of carbonyl (C=O) groups excluding carboxylic acids is 3. The third-order valence-corrected chi connectivity index (χ3v) is 5.10. The van der Waals surface area contributed by atoms with Crippen molar-refractivity contribution in [2.75, 3.05) is 12.0 Å². The Bertz CT molecular complexity index is 773. The lowest BCUT2D eigenvalue weighted by Gasteiger charge is -2.23. The van der Waals surface area contributed by atoms with Gasteiger partial charge in [-0.2, -0.15) is 11.8 Å². The van der Waals surface area contributed by atoms with Crippen LogP contribution >= 0.6 is 11.8 Å². The lowest BCUT2D eigenvalue weighted by molar-refractivity contribution is -0.141. The van der Waals surface area contributed by atoms with E-state index in [0.717, 1.165) is 0 Å². The number of hydrogen-bond donors (Lipinski definition) is 6. The monoisotopic (exact) mass is 454 g/mol. The third kappa shape index (κ3) is 9.26. The average molecular weight is 455 g/mol. The van der Waals surface area contributed by atoms with Crippen LogP contribution in [0.25, 0.3) is 0 Å². The zero-order valence-corrected chi connectivity index (χ0v) is 18.6. The SMILES string of the molecule is CSCCC(N)C(=O)NC(C)C(=O)NC(Cc1ccc(O)cc1)C(=O)NC(C)C(=O)O. The van der Waals surface area contributed by atoms with Crippen molar-refractivity contribution in [2.24, 2.45) is 5.73 Å². The number of carbonyl (C=O) groups is 4. The standard InChI is InChI=1S/C20H30N4O6S/c1-11(22-18(27)15(21)8-9-31-3)17(26)24-16(19(28)23-12(2)20(29)30)10-13-4-6-14(25)7-5-13/h4-7,11-12,15-16,25H,8-10,21H2,1-3H3,(H,22,27)(H,23,28)(H,24,26)(H,29,30). The van der Waals surface area contributed by atoms with Crippen molar-refractivity contribution in [1.82, 2.24) is 16.0 Å². The van der Waals surface area contributed by atoms with Crippen molar-refractivity contribution in [3.8, 4) is 5.75 Å². The van der Waals surface area contributed by atoms with Crippen molar-refractivity contribution in [2.45, 2.75) is 50.9 Å². The minimum atomic E-state index is -1.22. The highest BCUT2D eigenvalue weighted by atomic mass is 32.2. The highest BCUT2D eigenvalue weighted by molar-refractivity contribution is 7.98. The Morgan fingerprint density at radius 1 is 0.968 bits per heavy atom. The highest BCUT2D eigenvalue weighted by Crippen LogP contribution is 2.12. The number of rotatable bonds is 12. The summed E-state index contributed by atoms with van der Waals surface area (Å²) >= 11 is 1.55. The molecule has 0 radical (unpaired) electrons. The van der Waals surface area contributed by atoms with Crippen LogP contribution in [-0.2, 0) is 25.6 Å². The third-order valence-electron chi connectivity index (χ3n) is 4.46. The van der Waals surface area contributed by atoms with Crippen LogP contribution in [0.1, 0.15) is 25.8 Å². The van der Waals surface area contributed by atoms with Gasteiger partial charge in [-0.3, -0.25) is 19.2 Å². The lowest BCUT2D eigenvalue weighted by Crippen LogP contribution is -2.56. The van der Waals surface area contributed by atoms with Gasteiger partial charge in [0.2, 0.25) is 17.7 Å². The number of nitrogens with two attached hydrogens (primary N) is 1. The summed E-state index contributed by atoms with van der Waals surface area (Å²) in [6.45, 7) is 2.77. The molecule has 0 bridgehead atoms. The van der Waals surface area contributed by atoms with Gasteiger partial charge in [-0.25, -0.2) is 0 Å². The predicted octanol–water partition coefficient (Wildman–Crippen LogP) is -0.406. The topological polar surface area (TPSA) is 171 Å². The van der Waals surface area contributed by atoms with E-state index in [9.17, 15) is 24.3 Å². The molecule has 0 fully saturated rings. The van der Waals surface area contributed by atoms with E-state index in [1.807, 2.05) is 6.26 Å². The van der Waals surface area contributed by atoms with E-state index >= 15 is 0 Å². The van der Waals surface area contributed by atoms with Crippen LogP contribution in [0.2, 0.25) is 0 Å². The number of thioether (sulfide) groups is 1. The van der Waals surface area contributed by atoms with E-state index in [-0.39, 0.29) is 12.2 Å². The van der Waals surface area contributed by atoms with Gasteiger partial charge in [-0.15, -0.1) is 0 Å². The molecule has 0 aliphatic heterocycles. The quantitative estimate of drug-likeness (QED) is 0.247. The van der Waals surface area contributed by atoms with Crippen molar-refractivity contribution >= 4 is 35.5 Å². The maximum Gasteiger partial charge on any atom is 0.325 e. The number of benzene rings is 1. The van der Waals surface area contributed by atoms with E-state index in [1.54, 1.807) is 23.9 Å². The fourth-order valence-electron chi connectivity index (χ4n) is 2.51. The first-order valence-corrected chi connectivity index (χ1v) is 11.1. The lowest BCUT2D eigenvalue weighted by atomic mass is 10.0. The van der Waals surface area contributed by atoms with Crippen LogP contribution in [0.4, 0.5) is 0 Å². The maximum atomic E-state index is 12.6. The minimum absolute atomic E-state index is 0.0439. The second kappa shape index (κ2) is 12.8. The zero-order chi connectivity index (χ0) is 23.6. The van der Waals surface area contributed by atoms with E-state index in [4.69, 9.17) is 10.8 Å². The van der Waals surface area contributed by atoms with Crippen LogP contribution in [0, 0.1) is 0 Å². The molecule has 31 heavy (non-hydrogen) atoms. The van der Waals surface area contributed by atoms with Crippen molar-refractivity contribution < 1.29 is 29.4 Å². The van der Waals surface area contributed by atoms with Gasteiger partial charge in [0, 0.05) is 6.42 Å². The van der Waals surface area contributed by atoms with E-state index in [2.05, 4.69) is 16.0 Å². The summed E-state index contributed by atoms with van der Waals surface area (Å²) in [7, 11) is 0. The first kappa shape index (κ1) is 26.2. The molecule has 1 aromatic rings. The number of carboxylic acids is 1.